The summed E-state index contributed by atoms with van der Waals surface area (Å²) in [7, 11) is 1.68. The van der Waals surface area contributed by atoms with E-state index in [4.69, 9.17) is 10.5 Å². The average molecular weight is 537 g/mol. The third-order valence-electron chi connectivity index (χ3n) is 5.65. The maximum absolute atomic E-state index is 6.02. The van der Waals surface area contributed by atoms with Crippen molar-refractivity contribution >= 4 is 29.9 Å². The van der Waals surface area contributed by atoms with Gasteiger partial charge < -0.3 is 20.7 Å². The predicted octanol–water partition coefficient (Wildman–Crippen LogP) is 3.10. The highest BCUT2D eigenvalue weighted by Crippen LogP contribution is 2.12. The molecule has 1 fully saturated rings. The highest BCUT2D eigenvalue weighted by atomic mass is 127. The molecule has 0 saturated carbocycles. The molecule has 0 bridgehead atoms. The zero-order valence-electron chi connectivity index (χ0n) is 18.7. The molecule has 0 spiro atoms. The summed E-state index contributed by atoms with van der Waals surface area (Å²) in [5.41, 5.74) is 9.79. The lowest BCUT2D eigenvalue weighted by Crippen LogP contribution is -2.45. The summed E-state index contributed by atoms with van der Waals surface area (Å²) in [5.74, 6) is 1.36. The van der Waals surface area contributed by atoms with Crippen LogP contribution in [0.1, 0.15) is 23.6 Å². The molecule has 0 radical (unpaired) electrons. The van der Waals surface area contributed by atoms with Gasteiger partial charge in [0.15, 0.2) is 5.96 Å². The van der Waals surface area contributed by atoms with Crippen LogP contribution in [0.15, 0.2) is 53.5 Å². The third kappa shape index (κ3) is 8.66. The van der Waals surface area contributed by atoms with Crippen molar-refractivity contribution in [3.63, 3.8) is 0 Å². The van der Waals surface area contributed by atoms with Crippen LogP contribution in [0, 0.1) is 0 Å². The average Bonchev–Trinajstić information content (AvgIpc) is 2.79. The van der Waals surface area contributed by atoms with E-state index in [1.54, 1.807) is 7.11 Å². The number of nitrogens with two attached hydrogens (primary N) is 1. The van der Waals surface area contributed by atoms with Gasteiger partial charge in [-0.1, -0.05) is 43.3 Å². The number of guanidine groups is 1. The Morgan fingerprint density at radius 1 is 0.935 bits per heavy atom. The van der Waals surface area contributed by atoms with Crippen LogP contribution in [-0.4, -0.2) is 62.1 Å². The zero-order valence-corrected chi connectivity index (χ0v) is 21.0. The normalized spacial score (nSPS) is 15.4. The van der Waals surface area contributed by atoms with Crippen LogP contribution in [0.2, 0.25) is 0 Å². The van der Waals surface area contributed by atoms with Gasteiger partial charge in [0.25, 0.3) is 0 Å². The fraction of sp³-hybridized carbons (Fsp3) is 0.458. The molecular formula is C24H36IN5O. The smallest absolute Gasteiger partial charge is 0.188 e. The number of aliphatic imine (C=N–C) groups is 1. The minimum atomic E-state index is 0. The maximum atomic E-state index is 6.02. The van der Waals surface area contributed by atoms with Gasteiger partial charge in [-0.3, -0.25) is 4.90 Å². The predicted molar refractivity (Wildman–Crippen MR) is 139 cm³/mol. The van der Waals surface area contributed by atoms with Crippen LogP contribution >= 0.6 is 24.0 Å². The first-order chi connectivity index (χ1) is 14.7. The van der Waals surface area contributed by atoms with Gasteiger partial charge in [-0.25, -0.2) is 4.99 Å². The van der Waals surface area contributed by atoms with Crippen LogP contribution in [-0.2, 0) is 19.5 Å². The zero-order chi connectivity index (χ0) is 21.2. The molecule has 3 rings (SSSR count). The van der Waals surface area contributed by atoms with Gasteiger partial charge in [0, 0.05) is 39.3 Å². The van der Waals surface area contributed by atoms with E-state index in [0.29, 0.717) is 12.5 Å². The van der Waals surface area contributed by atoms with E-state index in [9.17, 15) is 0 Å². The number of ether oxygens (including phenoxy) is 1. The number of methoxy groups -OCH3 is 1. The number of piperazine rings is 1. The number of hydrogen-bond donors (Lipinski definition) is 2. The number of nitrogens with one attached hydrogen (secondary N) is 1. The molecule has 0 atom stereocenters. The van der Waals surface area contributed by atoms with E-state index in [1.807, 2.05) is 12.1 Å². The van der Waals surface area contributed by atoms with Crippen LogP contribution < -0.4 is 15.8 Å². The van der Waals surface area contributed by atoms with Crippen molar-refractivity contribution in [2.75, 3.05) is 46.4 Å². The summed E-state index contributed by atoms with van der Waals surface area (Å²) in [6, 6.07) is 16.8. The highest BCUT2D eigenvalue weighted by Gasteiger charge is 2.15. The minimum absolute atomic E-state index is 0. The van der Waals surface area contributed by atoms with E-state index in [1.165, 1.54) is 29.8 Å². The second-order valence-corrected chi connectivity index (χ2v) is 7.75. The summed E-state index contributed by atoms with van der Waals surface area (Å²) in [6.07, 6.45) is 0.890. The lowest BCUT2D eigenvalue weighted by atomic mass is 10.1. The Morgan fingerprint density at radius 2 is 1.52 bits per heavy atom. The quantitative estimate of drug-likeness (QED) is 0.293. The molecular weight excluding hydrogens is 501 g/mol. The number of rotatable bonds is 9. The van der Waals surface area contributed by atoms with Crippen molar-refractivity contribution in [1.29, 1.82) is 0 Å². The first-order valence-corrected chi connectivity index (χ1v) is 10.9. The monoisotopic (exact) mass is 537 g/mol. The maximum Gasteiger partial charge on any atom is 0.188 e. The first kappa shape index (κ1) is 25.4. The second kappa shape index (κ2) is 13.5. The molecule has 0 unspecified atom stereocenters. The fourth-order valence-corrected chi connectivity index (χ4v) is 3.63. The number of hydrogen-bond acceptors (Lipinski definition) is 4. The summed E-state index contributed by atoms with van der Waals surface area (Å²) >= 11 is 0. The Bertz CT molecular complexity index is 787. The molecule has 0 aromatic heterocycles. The van der Waals surface area contributed by atoms with E-state index < -0.39 is 0 Å². The van der Waals surface area contributed by atoms with Crippen LogP contribution in [0.5, 0.6) is 5.75 Å². The molecule has 1 aliphatic heterocycles. The van der Waals surface area contributed by atoms with Gasteiger partial charge in [-0.2, -0.15) is 0 Å². The topological polar surface area (TPSA) is 66.1 Å². The number of halogens is 1. The van der Waals surface area contributed by atoms with E-state index in [0.717, 1.165) is 44.9 Å². The van der Waals surface area contributed by atoms with Crippen molar-refractivity contribution in [2.45, 2.75) is 26.4 Å². The van der Waals surface area contributed by atoms with Crippen LogP contribution in [0.3, 0.4) is 0 Å². The van der Waals surface area contributed by atoms with Gasteiger partial charge >= 0.3 is 0 Å². The third-order valence-corrected chi connectivity index (χ3v) is 5.65. The SMILES string of the molecule is CCN1CCN(Cc2ccc(CN=C(N)NCCc3ccc(OC)cc3)cc2)CC1.I. The molecule has 31 heavy (non-hydrogen) atoms. The molecule has 1 saturated heterocycles. The van der Waals surface area contributed by atoms with Crippen molar-refractivity contribution in [2.24, 2.45) is 10.7 Å². The lowest BCUT2D eigenvalue weighted by Gasteiger charge is -2.34. The molecule has 170 valence electrons. The van der Waals surface area contributed by atoms with E-state index in [2.05, 4.69) is 63.4 Å². The molecule has 7 heteroatoms. The molecule has 2 aromatic rings. The standard InChI is InChI=1S/C24H35N5O.HI/c1-3-28-14-16-29(17-15-28)19-22-6-4-21(5-7-22)18-27-24(25)26-13-12-20-8-10-23(30-2)11-9-20;/h4-11H,3,12-19H2,1-2H3,(H3,25,26,27);1H. The molecule has 1 heterocycles. The molecule has 6 nitrogen and oxygen atoms in total. The summed E-state index contributed by atoms with van der Waals surface area (Å²) < 4.78 is 5.18. The molecule has 2 aromatic carbocycles. The van der Waals surface area contributed by atoms with Crippen molar-refractivity contribution < 1.29 is 4.74 Å². The van der Waals surface area contributed by atoms with Gasteiger partial charge in [-0.05, 0) is 41.8 Å². The van der Waals surface area contributed by atoms with E-state index in [-0.39, 0.29) is 24.0 Å². The van der Waals surface area contributed by atoms with Crippen LogP contribution in [0.25, 0.3) is 0 Å². The van der Waals surface area contributed by atoms with Crippen molar-refractivity contribution in [3.8, 4) is 5.75 Å². The van der Waals surface area contributed by atoms with Gasteiger partial charge in [0.2, 0.25) is 0 Å². The Balaban J connectivity index is 0.00000341. The Hall–Kier alpha value is -1.84. The van der Waals surface area contributed by atoms with Gasteiger partial charge in [0.05, 0.1) is 13.7 Å². The molecule has 3 N–H and O–H groups in total. The number of benzene rings is 2. The minimum Gasteiger partial charge on any atom is -0.497 e. The lowest BCUT2D eigenvalue weighted by molar-refractivity contribution is 0.132. The van der Waals surface area contributed by atoms with Crippen molar-refractivity contribution in [3.05, 3.63) is 65.2 Å². The fourth-order valence-electron chi connectivity index (χ4n) is 3.63. The second-order valence-electron chi connectivity index (χ2n) is 7.75. The molecule has 1 aliphatic rings. The number of nitrogens with zero attached hydrogens (tertiary/aromatic N) is 3. The Morgan fingerprint density at radius 3 is 2.13 bits per heavy atom. The summed E-state index contributed by atoms with van der Waals surface area (Å²) in [6.45, 7) is 10.4. The first-order valence-electron chi connectivity index (χ1n) is 10.9. The van der Waals surface area contributed by atoms with Crippen LogP contribution in [0.4, 0.5) is 0 Å². The highest BCUT2D eigenvalue weighted by molar-refractivity contribution is 14.0. The van der Waals surface area contributed by atoms with Gasteiger partial charge in [0.1, 0.15) is 5.75 Å². The Labute approximate surface area is 203 Å². The largest absolute Gasteiger partial charge is 0.497 e. The van der Waals surface area contributed by atoms with Gasteiger partial charge in [-0.15, -0.1) is 24.0 Å². The summed E-state index contributed by atoms with van der Waals surface area (Å²) in [5, 5.41) is 3.19. The van der Waals surface area contributed by atoms with E-state index >= 15 is 0 Å². The number of likely N-dealkylation sites (N-methyl/N-ethyl adjacent to an activating group) is 1. The van der Waals surface area contributed by atoms with Crippen molar-refractivity contribution in [1.82, 2.24) is 15.1 Å². The Kier molecular flexibility index (Phi) is 11.1. The molecule has 0 aliphatic carbocycles. The molecule has 0 amide bonds. The summed E-state index contributed by atoms with van der Waals surface area (Å²) in [4.78, 5) is 9.50.